The molecule has 0 bridgehead atoms. The molecule has 1 aliphatic rings. The number of hydrogen-bond donors (Lipinski definition) is 1. The number of benzene rings is 1. The summed E-state index contributed by atoms with van der Waals surface area (Å²) in [5.41, 5.74) is 2.38. The highest BCUT2D eigenvalue weighted by Crippen LogP contribution is 2.16. The lowest BCUT2D eigenvalue weighted by Crippen LogP contribution is -2.49. The van der Waals surface area contributed by atoms with Crippen molar-refractivity contribution in [1.82, 2.24) is 9.80 Å². The zero-order valence-electron chi connectivity index (χ0n) is 14.3. The van der Waals surface area contributed by atoms with Gasteiger partial charge in [-0.3, -0.25) is 4.90 Å². The van der Waals surface area contributed by atoms with Crippen LogP contribution in [0.4, 0.5) is 0 Å². The van der Waals surface area contributed by atoms with Crippen molar-refractivity contribution in [2.75, 3.05) is 45.9 Å². The Morgan fingerprint density at radius 2 is 1.52 bits per heavy atom. The number of β-amino-alcohol motifs (C(OH)–C–C–N with tert-alkyl or cyclic N) is 1. The second-order valence-electron chi connectivity index (χ2n) is 6.02. The van der Waals surface area contributed by atoms with Crippen molar-refractivity contribution >= 4 is 24.8 Å². The first-order valence-corrected chi connectivity index (χ1v) is 7.90. The van der Waals surface area contributed by atoms with Crippen molar-refractivity contribution in [3.05, 3.63) is 29.3 Å². The number of likely N-dealkylation sites (N-methyl/N-ethyl adjacent to an activating group) is 1. The van der Waals surface area contributed by atoms with Crippen LogP contribution >= 0.6 is 24.8 Å². The molecular weight excluding hydrogens is 335 g/mol. The van der Waals surface area contributed by atoms with E-state index in [0.29, 0.717) is 13.2 Å². The molecule has 1 fully saturated rings. The average molecular weight is 365 g/mol. The molecule has 0 saturated carbocycles. The van der Waals surface area contributed by atoms with Crippen LogP contribution in [0, 0.1) is 13.8 Å². The first-order chi connectivity index (χ1) is 10.1. The molecule has 1 saturated heterocycles. The predicted octanol–water partition coefficient (Wildman–Crippen LogP) is 2.52. The Hall–Kier alpha value is -0.520. The van der Waals surface area contributed by atoms with E-state index in [2.05, 4.69) is 36.6 Å². The minimum atomic E-state index is -0.431. The topological polar surface area (TPSA) is 35.9 Å². The maximum atomic E-state index is 10.1. The van der Waals surface area contributed by atoms with Crippen LogP contribution in [0.2, 0.25) is 0 Å². The van der Waals surface area contributed by atoms with Crippen molar-refractivity contribution in [2.45, 2.75) is 26.9 Å². The van der Waals surface area contributed by atoms with Crippen molar-refractivity contribution in [3.63, 3.8) is 0 Å². The van der Waals surface area contributed by atoms with Gasteiger partial charge >= 0.3 is 0 Å². The Labute approximate surface area is 152 Å². The zero-order valence-corrected chi connectivity index (χ0v) is 16.0. The number of halogens is 2. The van der Waals surface area contributed by atoms with Crippen LogP contribution in [0.1, 0.15) is 18.1 Å². The highest BCUT2D eigenvalue weighted by atomic mass is 35.5. The first-order valence-electron chi connectivity index (χ1n) is 7.90. The Balaban J connectivity index is 0.00000242. The van der Waals surface area contributed by atoms with Crippen LogP contribution in [0.3, 0.4) is 0 Å². The molecule has 23 heavy (non-hydrogen) atoms. The van der Waals surface area contributed by atoms with Crippen LogP contribution in [-0.2, 0) is 0 Å². The lowest BCUT2D eigenvalue weighted by molar-refractivity contribution is 0.0470. The fourth-order valence-corrected chi connectivity index (χ4v) is 2.85. The summed E-state index contributed by atoms with van der Waals surface area (Å²) in [5.74, 6) is 0.849. The van der Waals surface area contributed by atoms with E-state index >= 15 is 0 Å². The molecule has 1 heterocycles. The lowest BCUT2D eigenvalue weighted by atomic mass is 10.1. The van der Waals surface area contributed by atoms with E-state index in [4.69, 9.17) is 4.74 Å². The Morgan fingerprint density at radius 3 is 2.04 bits per heavy atom. The summed E-state index contributed by atoms with van der Waals surface area (Å²) in [6.45, 7) is 12.8. The first kappa shape index (κ1) is 22.5. The van der Waals surface area contributed by atoms with Gasteiger partial charge in [0.1, 0.15) is 18.5 Å². The molecule has 6 heteroatoms. The maximum Gasteiger partial charge on any atom is 0.119 e. The van der Waals surface area contributed by atoms with Crippen molar-refractivity contribution in [2.24, 2.45) is 0 Å². The standard InChI is InChI=1S/C17H28N2O2.2ClH/c1-4-18-5-7-19(8-6-18)12-16(20)13-21-17-10-14(2)9-15(3)11-17;;/h9-11,16,20H,4-8,12-13H2,1-3H3;2*1H. The Bertz CT molecular complexity index is 432. The van der Waals surface area contributed by atoms with Crippen molar-refractivity contribution in [3.8, 4) is 5.75 Å². The van der Waals surface area contributed by atoms with E-state index in [0.717, 1.165) is 38.5 Å². The second kappa shape index (κ2) is 11.1. The molecule has 1 aliphatic heterocycles. The third kappa shape index (κ3) is 7.73. The van der Waals surface area contributed by atoms with Crippen LogP contribution in [0.5, 0.6) is 5.75 Å². The van der Waals surface area contributed by atoms with Gasteiger partial charge in [0.05, 0.1) is 0 Å². The summed E-state index contributed by atoms with van der Waals surface area (Å²) in [6.07, 6.45) is -0.431. The summed E-state index contributed by atoms with van der Waals surface area (Å²) in [4.78, 5) is 4.76. The van der Waals surface area contributed by atoms with Gasteiger partial charge in [-0.15, -0.1) is 24.8 Å². The van der Waals surface area contributed by atoms with Crippen LogP contribution in [-0.4, -0.2) is 66.9 Å². The minimum Gasteiger partial charge on any atom is -0.491 e. The summed E-state index contributed by atoms with van der Waals surface area (Å²) in [6, 6.07) is 6.15. The molecular formula is C17H30Cl2N2O2. The maximum absolute atomic E-state index is 10.1. The third-order valence-corrected chi connectivity index (χ3v) is 4.02. The van der Waals surface area contributed by atoms with Gasteiger partial charge in [-0.2, -0.15) is 0 Å². The molecule has 0 aromatic heterocycles. The van der Waals surface area contributed by atoms with Gasteiger partial charge in [0.2, 0.25) is 0 Å². The summed E-state index contributed by atoms with van der Waals surface area (Å²) >= 11 is 0. The van der Waals surface area contributed by atoms with Crippen LogP contribution in [0.25, 0.3) is 0 Å². The van der Waals surface area contributed by atoms with E-state index in [-0.39, 0.29) is 24.8 Å². The molecule has 0 radical (unpaired) electrons. The number of hydrogen-bond acceptors (Lipinski definition) is 4. The van der Waals surface area contributed by atoms with Crippen molar-refractivity contribution < 1.29 is 9.84 Å². The van der Waals surface area contributed by atoms with Gasteiger partial charge < -0.3 is 14.7 Å². The van der Waals surface area contributed by atoms with E-state index < -0.39 is 6.10 Å². The highest BCUT2D eigenvalue weighted by molar-refractivity contribution is 5.85. The molecule has 4 nitrogen and oxygen atoms in total. The predicted molar refractivity (Wildman–Crippen MR) is 100 cm³/mol. The molecule has 0 aliphatic carbocycles. The number of piperazine rings is 1. The molecule has 1 N–H and O–H groups in total. The largest absolute Gasteiger partial charge is 0.491 e. The summed E-state index contributed by atoms with van der Waals surface area (Å²) in [5, 5.41) is 10.1. The number of rotatable bonds is 6. The van der Waals surface area contributed by atoms with Crippen LogP contribution < -0.4 is 4.74 Å². The van der Waals surface area contributed by atoms with Crippen molar-refractivity contribution in [1.29, 1.82) is 0 Å². The highest BCUT2D eigenvalue weighted by Gasteiger charge is 2.18. The van der Waals surface area contributed by atoms with Crippen LogP contribution in [0.15, 0.2) is 18.2 Å². The molecule has 134 valence electrons. The summed E-state index contributed by atoms with van der Waals surface area (Å²) in [7, 11) is 0. The van der Waals surface area contributed by atoms with E-state index in [1.807, 2.05) is 12.1 Å². The molecule has 0 amide bonds. The van der Waals surface area contributed by atoms with Gasteiger partial charge in [0.25, 0.3) is 0 Å². The normalized spacial score (nSPS) is 17.0. The van der Waals surface area contributed by atoms with Gasteiger partial charge in [-0.05, 0) is 43.7 Å². The smallest absolute Gasteiger partial charge is 0.119 e. The Kier molecular flexibility index (Phi) is 10.9. The van der Waals surface area contributed by atoms with Gasteiger partial charge in [-0.1, -0.05) is 13.0 Å². The van der Waals surface area contributed by atoms with E-state index in [1.54, 1.807) is 0 Å². The number of nitrogens with zero attached hydrogens (tertiary/aromatic N) is 2. The zero-order chi connectivity index (χ0) is 15.2. The molecule has 2 rings (SSSR count). The Morgan fingerprint density at radius 1 is 1.00 bits per heavy atom. The number of aliphatic hydroxyl groups excluding tert-OH is 1. The minimum absolute atomic E-state index is 0. The fraction of sp³-hybridized carbons (Fsp3) is 0.647. The fourth-order valence-electron chi connectivity index (χ4n) is 2.85. The molecule has 0 spiro atoms. The van der Waals surface area contributed by atoms with Gasteiger partial charge in [0, 0.05) is 32.7 Å². The number of aliphatic hydroxyl groups is 1. The monoisotopic (exact) mass is 364 g/mol. The quantitative estimate of drug-likeness (QED) is 0.841. The summed E-state index contributed by atoms with van der Waals surface area (Å²) < 4.78 is 5.73. The van der Waals surface area contributed by atoms with E-state index in [1.165, 1.54) is 11.1 Å². The molecule has 1 atom stereocenters. The number of ether oxygens (including phenoxy) is 1. The van der Waals surface area contributed by atoms with Gasteiger partial charge in [-0.25, -0.2) is 0 Å². The number of aryl methyl sites for hydroxylation is 2. The third-order valence-electron chi connectivity index (χ3n) is 4.02. The van der Waals surface area contributed by atoms with E-state index in [9.17, 15) is 5.11 Å². The lowest BCUT2D eigenvalue weighted by Gasteiger charge is -2.34. The average Bonchev–Trinajstić information content (AvgIpc) is 2.45. The second-order valence-corrected chi connectivity index (χ2v) is 6.02. The SMILES string of the molecule is CCN1CCN(CC(O)COc2cc(C)cc(C)c2)CC1.Cl.Cl. The molecule has 1 unspecified atom stereocenters. The molecule has 1 aromatic rings. The van der Waals surface area contributed by atoms with Gasteiger partial charge in [0.15, 0.2) is 0 Å². The molecule has 1 aromatic carbocycles.